The number of rotatable bonds is 3. The molecule has 5 heteroatoms. The van der Waals surface area contributed by atoms with E-state index < -0.39 is 17.9 Å². The summed E-state index contributed by atoms with van der Waals surface area (Å²) in [5.41, 5.74) is 5.27. The third-order valence-corrected chi connectivity index (χ3v) is 2.21. The van der Waals surface area contributed by atoms with Gasteiger partial charge in [-0.25, -0.2) is 9.18 Å². The molecule has 0 amide bonds. The molecule has 1 unspecified atom stereocenters. The van der Waals surface area contributed by atoms with E-state index in [-0.39, 0.29) is 23.2 Å². The first-order chi connectivity index (χ1) is 6.97. The Morgan fingerprint density at radius 1 is 1.60 bits per heavy atom. The Morgan fingerprint density at radius 2 is 2.20 bits per heavy atom. The van der Waals surface area contributed by atoms with Gasteiger partial charge in [0.1, 0.15) is 5.82 Å². The van der Waals surface area contributed by atoms with Crippen molar-refractivity contribution < 1.29 is 19.4 Å². The minimum Gasteiger partial charge on any atom is -0.478 e. The molecule has 4 nitrogen and oxygen atoms in total. The average Bonchev–Trinajstić information content (AvgIpc) is 2.20. The Balaban J connectivity index is 3.29. The molecule has 0 fully saturated rings. The third kappa shape index (κ3) is 2.31. The van der Waals surface area contributed by atoms with Crippen molar-refractivity contribution in [1.29, 1.82) is 0 Å². The van der Waals surface area contributed by atoms with Crippen LogP contribution in [0.25, 0.3) is 0 Å². The van der Waals surface area contributed by atoms with Crippen molar-refractivity contribution in [3.63, 3.8) is 0 Å². The van der Waals surface area contributed by atoms with E-state index in [1.807, 2.05) is 0 Å². The standard InChI is InChI=1S/C10H12FNO3/c1-5-7(10(14)15)2-6(3-8(5)11)9(13)4-12/h2-3,9,13H,4,12H2,1H3,(H,14,15). The molecule has 0 saturated heterocycles. The van der Waals surface area contributed by atoms with Crippen LogP contribution in [0.2, 0.25) is 0 Å². The molecular formula is C10H12FNO3. The summed E-state index contributed by atoms with van der Waals surface area (Å²) in [6.07, 6.45) is -1.04. The number of carboxylic acids is 1. The summed E-state index contributed by atoms with van der Waals surface area (Å²) >= 11 is 0. The average molecular weight is 213 g/mol. The zero-order chi connectivity index (χ0) is 11.6. The van der Waals surface area contributed by atoms with Gasteiger partial charge in [-0.05, 0) is 30.2 Å². The fraction of sp³-hybridized carbons (Fsp3) is 0.300. The molecule has 0 saturated carbocycles. The van der Waals surface area contributed by atoms with Crippen molar-refractivity contribution >= 4 is 5.97 Å². The lowest BCUT2D eigenvalue weighted by Crippen LogP contribution is -2.13. The molecule has 1 atom stereocenters. The van der Waals surface area contributed by atoms with E-state index in [0.29, 0.717) is 0 Å². The normalized spacial score (nSPS) is 12.5. The molecule has 1 aromatic rings. The summed E-state index contributed by atoms with van der Waals surface area (Å²) in [4.78, 5) is 10.8. The number of benzene rings is 1. The highest BCUT2D eigenvalue weighted by molar-refractivity contribution is 5.89. The van der Waals surface area contributed by atoms with Crippen molar-refractivity contribution in [2.45, 2.75) is 13.0 Å². The molecule has 0 aliphatic rings. The Bertz CT molecular complexity index is 392. The van der Waals surface area contributed by atoms with Crippen LogP contribution in [0.3, 0.4) is 0 Å². The lowest BCUT2D eigenvalue weighted by atomic mass is 10.0. The Hall–Kier alpha value is -1.46. The second-order valence-electron chi connectivity index (χ2n) is 3.23. The maximum atomic E-state index is 13.3. The Labute approximate surface area is 86.1 Å². The topological polar surface area (TPSA) is 83.5 Å². The van der Waals surface area contributed by atoms with Crippen LogP contribution in [0.15, 0.2) is 12.1 Å². The highest BCUT2D eigenvalue weighted by Gasteiger charge is 2.15. The van der Waals surface area contributed by atoms with Crippen LogP contribution in [-0.2, 0) is 0 Å². The molecule has 0 heterocycles. The van der Waals surface area contributed by atoms with Gasteiger partial charge in [-0.15, -0.1) is 0 Å². The maximum Gasteiger partial charge on any atom is 0.336 e. The second-order valence-corrected chi connectivity index (χ2v) is 3.23. The summed E-state index contributed by atoms with van der Waals surface area (Å²) in [5.74, 6) is -1.88. The Kier molecular flexibility index (Phi) is 3.39. The zero-order valence-electron chi connectivity index (χ0n) is 8.20. The van der Waals surface area contributed by atoms with Crippen molar-refractivity contribution in [3.8, 4) is 0 Å². The van der Waals surface area contributed by atoms with E-state index in [1.165, 1.54) is 13.0 Å². The minimum atomic E-state index is -1.22. The lowest BCUT2D eigenvalue weighted by Gasteiger charge is -2.11. The lowest BCUT2D eigenvalue weighted by molar-refractivity contribution is 0.0695. The number of carbonyl (C=O) groups is 1. The molecule has 0 radical (unpaired) electrons. The summed E-state index contributed by atoms with van der Waals surface area (Å²) in [5, 5.41) is 18.2. The van der Waals surface area contributed by atoms with E-state index >= 15 is 0 Å². The van der Waals surface area contributed by atoms with Gasteiger partial charge in [-0.1, -0.05) is 0 Å². The van der Waals surface area contributed by atoms with E-state index in [0.717, 1.165) is 6.07 Å². The summed E-state index contributed by atoms with van der Waals surface area (Å²) < 4.78 is 13.3. The van der Waals surface area contributed by atoms with Gasteiger partial charge in [0.05, 0.1) is 11.7 Å². The number of hydrogen-bond acceptors (Lipinski definition) is 3. The smallest absolute Gasteiger partial charge is 0.336 e. The number of carboxylic acid groups (broad SMARTS) is 1. The number of aliphatic hydroxyl groups excluding tert-OH is 1. The number of hydrogen-bond donors (Lipinski definition) is 3. The van der Waals surface area contributed by atoms with Crippen LogP contribution in [0, 0.1) is 12.7 Å². The third-order valence-electron chi connectivity index (χ3n) is 2.21. The number of aromatic carboxylic acids is 1. The molecule has 0 bridgehead atoms. The number of aliphatic hydroxyl groups is 1. The van der Waals surface area contributed by atoms with E-state index in [4.69, 9.17) is 10.8 Å². The van der Waals surface area contributed by atoms with Crippen molar-refractivity contribution in [2.75, 3.05) is 6.54 Å². The first kappa shape index (κ1) is 11.6. The number of nitrogens with two attached hydrogens (primary N) is 1. The molecule has 1 aromatic carbocycles. The fourth-order valence-electron chi connectivity index (χ4n) is 1.25. The first-order valence-electron chi connectivity index (χ1n) is 4.38. The Morgan fingerprint density at radius 3 is 2.67 bits per heavy atom. The van der Waals surface area contributed by atoms with Crippen LogP contribution in [0.1, 0.15) is 27.6 Å². The van der Waals surface area contributed by atoms with E-state index in [1.54, 1.807) is 0 Å². The molecule has 0 spiro atoms. The number of halogens is 1. The molecule has 15 heavy (non-hydrogen) atoms. The largest absolute Gasteiger partial charge is 0.478 e. The molecule has 0 aliphatic heterocycles. The van der Waals surface area contributed by atoms with Crippen LogP contribution in [0.5, 0.6) is 0 Å². The van der Waals surface area contributed by atoms with Crippen molar-refractivity contribution in [1.82, 2.24) is 0 Å². The second kappa shape index (κ2) is 4.37. The van der Waals surface area contributed by atoms with E-state index in [9.17, 15) is 14.3 Å². The predicted octanol–water partition coefficient (Wildman–Crippen LogP) is 0.824. The predicted molar refractivity (Wildman–Crippen MR) is 52.1 cm³/mol. The quantitative estimate of drug-likeness (QED) is 0.694. The van der Waals surface area contributed by atoms with Gasteiger partial charge in [-0.3, -0.25) is 0 Å². The maximum absolute atomic E-state index is 13.3. The molecule has 82 valence electrons. The summed E-state index contributed by atoms with van der Waals surface area (Å²) in [7, 11) is 0. The molecule has 1 rings (SSSR count). The van der Waals surface area contributed by atoms with Crippen LogP contribution >= 0.6 is 0 Å². The van der Waals surface area contributed by atoms with Gasteiger partial charge >= 0.3 is 5.97 Å². The minimum absolute atomic E-state index is 0.0514. The summed E-state index contributed by atoms with van der Waals surface area (Å²) in [6, 6.07) is 2.33. The van der Waals surface area contributed by atoms with Gasteiger partial charge in [0.2, 0.25) is 0 Å². The highest BCUT2D eigenvalue weighted by atomic mass is 19.1. The van der Waals surface area contributed by atoms with Gasteiger partial charge in [0.25, 0.3) is 0 Å². The zero-order valence-corrected chi connectivity index (χ0v) is 8.20. The van der Waals surface area contributed by atoms with Gasteiger partial charge < -0.3 is 15.9 Å². The molecule has 4 N–H and O–H groups in total. The summed E-state index contributed by atoms with van der Waals surface area (Å²) in [6.45, 7) is 1.29. The van der Waals surface area contributed by atoms with Crippen molar-refractivity contribution in [3.05, 3.63) is 34.6 Å². The van der Waals surface area contributed by atoms with Crippen LogP contribution < -0.4 is 5.73 Å². The molecule has 0 aliphatic carbocycles. The van der Waals surface area contributed by atoms with Gasteiger partial charge in [0, 0.05) is 6.54 Å². The van der Waals surface area contributed by atoms with Gasteiger partial charge in [-0.2, -0.15) is 0 Å². The molecule has 0 aromatic heterocycles. The van der Waals surface area contributed by atoms with Crippen LogP contribution in [-0.4, -0.2) is 22.7 Å². The SMILES string of the molecule is Cc1c(F)cc(C(O)CN)cc1C(=O)O. The van der Waals surface area contributed by atoms with Gasteiger partial charge in [0.15, 0.2) is 0 Å². The van der Waals surface area contributed by atoms with Crippen molar-refractivity contribution in [2.24, 2.45) is 5.73 Å². The van der Waals surface area contributed by atoms with E-state index in [2.05, 4.69) is 0 Å². The first-order valence-corrected chi connectivity index (χ1v) is 4.38. The molecular weight excluding hydrogens is 201 g/mol. The highest BCUT2D eigenvalue weighted by Crippen LogP contribution is 2.20. The monoisotopic (exact) mass is 213 g/mol. The van der Waals surface area contributed by atoms with Crippen LogP contribution in [0.4, 0.5) is 4.39 Å². The fourth-order valence-corrected chi connectivity index (χ4v) is 1.25.